The van der Waals surface area contributed by atoms with Gasteiger partial charge in [-0.25, -0.2) is 14.8 Å². The average molecular weight is 785 g/mol. The van der Waals surface area contributed by atoms with Gasteiger partial charge in [0.2, 0.25) is 11.8 Å². The first-order chi connectivity index (χ1) is 28.1. The fourth-order valence-corrected chi connectivity index (χ4v) is 8.96. The minimum absolute atomic E-state index is 0.0739. The molecule has 2 bridgehead atoms. The fraction of sp³-hybridized carbons (Fsp3) is 0.435. The number of nitrogens with zero attached hydrogens (tertiary/aromatic N) is 4. The smallest absolute Gasteiger partial charge is 0.407 e. The first-order valence-corrected chi connectivity index (χ1v) is 20.7. The first-order valence-electron chi connectivity index (χ1n) is 20.7. The van der Waals surface area contributed by atoms with Crippen molar-refractivity contribution < 1.29 is 19.1 Å². The van der Waals surface area contributed by atoms with Crippen LogP contribution >= 0.6 is 0 Å². The van der Waals surface area contributed by atoms with Gasteiger partial charge in [-0.2, -0.15) is 0 Å². The normalized spacial score (nSPS) is 20.7. The number of pyridine rings is 1. The molecule has 1 aliphatic heterocycles. The number of alkyl carbamates (subject to hydrolysis) is 1. The van der Waals surface area contributed by atoms with Crippen LogP contribution in [0.1, 0.15) is 89.7 Å². The van der Waals surface area contributed by atoms with Crippen molar-refractivity contribution in [1.29, 1.82) is 0 Å². The number of hydrogen-bond donors (Lipinski definition) is 4. The second-order valence-corrected chi connectivity index (χ2v) is 16.6. The summed E-state index contributed by atoms with van der Waals surface area (Å²) in [6.45, 7) is 8.74. The highest BCUT2D eigenvalue weighted by atomic mass is 16.5. The van der Waals surface area contributed by atoms with Crippen LogP contribution in [0.15, 0.2) is 91.8 Å². The molecule has 0 radical (unpaired) electrons. The maximum atomic E-state index is 13.4. The van der Waals surface area contributed by atoms with Gasteiger partial charge in [-0.05, 0) is 89.7 Å². The molecule has 2 saturated carbocycles. The molecule has 2 aromatic carbocycles. The Morgan fingerprint density at radius 1 is 0.793 bits per heavy atom. The number of aromatic nitrogens is 5. The Kier molecular flexibility index (Phi) is 12.7. The van der Waals surface area contributed by atoms with E-state index in [1.54, 1.807) is 12.5 Å². The Morgan fingerprint density at radius 2 is 1.50 bits per heavy atom. The summed E-state index contributed by atoms with van der Waals surface area (Å²) in [5, 5.41) is 5.97. The van der Waals surface area contributed by atoms with E-state index in [-0.39, 0.29) is 35.7 Å². The third-order valence-corrected chi connectivity index (χ3v) is 12.1. The van der Waals surface area contributed by atoms with Gasteiger partial charge in [-0.1, -0.05) is 88.7 Å². The summed E-state index contributed by atoms with van der Waals surface area (Å²) >= 11 is 0. The van der Waals surface area contributed by atoms with Crippen molar-refractivity contribution in [3.8, 4) is 33.6 Å². The van der Waals surface area contributed by atoms with Crippen LogP contribution in [-0.2, 0) is 14.3 Å². The standard InChI is InChI=1S/C29H32N6O3.C17H24N2O/c1-18(2)26(34-29(37)38-3)28(36)35-14-4-5-25(35)27-31-16-24(33-27)22-12-8-20(9-13-22)19-6-10-21(11-7-19)23-15-30-17-32-23;1-11(2)16(14-4-3-7-18-10-14)19-17(20)15-9-12-5-6-13(15)8-12/h6-13,15-18,25-26H,4-5,14H2,1-3H3,(H,30,32)(H,31,33)(H,34,37);3-4,7,10-13,15-16H,5-6,8-9H2,1-2H3,(H,19,20). The molecule has 0 spiro atoms. The quantitative estimate of drug-likeness (QED) is 0.105. The number of imidazole rings is 2. The second kappa shape index (κ2) is 18.2. The molecular weight excluding hydrogens is 729 g/mol. The van der Waals surface area contributed by atoms with E-state index in [2.05, 4.69) is 104 Å². The van der Waals surface area contributed by atoms with Crippen molar-refractivity contribution in [2.24, 2.45) is 29.6 Å². The Balaban J connectivity index is 0.000000214. The molecule has 6 unspecified atom stereocenters. The van der Waals surface area contributed by atoms with Crippen LogP contribution < -0.4 is 10.6 Å². The molecule has 3 aromatic heterocycles. The zero-order valence-electron chi connectivity index (χ0n) is 34.2. The summed E-state index contributed by atoms with van der Waals surface area (Å²) in [6.07, 6.45) is 15.0. The number of carbonyl (C=O) groups excluding carboxylic acids is 3. The van der Waals surface area contributed by atoms with Crippen LogP contribution in [-0.4, -0.2) is 67.4 Å². The van der Waals surface area contributed by atoms with Crippen molar-refractivity contribution in [3.63, 3.8) is 0 Å². The van der Waals surface area contributed by atoms with Gasteiger partial charge in [0.05, 0.1) is 49.3 Å². The summed E-state index contributed by atoms with van der Waals surface area (Å²) < 4.78 is 4.72. The van der Waals surface area contributed by atoms with Gasteiger partial charge >= 0.3 is 6.09 Å². The summed E-state index contributed by atoms with van der Waals surface area (Å²) in [6, 6.07) is 20.0. The van der Waals surface area contributed by atoms with E-state index in [9.17, 15) is 14.4 Å². The van der Waals surface area contributed by atoms with Crippen LogP contribution in [0.3, 0.4) is 0 Å². The molecule has 2 aliphatic carbocycles. The summed E-state index contributed by atoms with van der Waals surface area (Å²) in [5.74, 6) is 2.91. The van der Waals surface area contributed by atoms with Gasteiger partial charge in [0.25, 0.3) is 0 Å². The van der Waals surface area contributed by atoms with E-state index in [1.807, 2.05) is 43.4 Å². The molecule has 12 heteroatoms. The minimum Gasteiger partial charge on any atom is -0.453 e. The van der Waals surface area contributed by atoms with Crippen LogP contribution in [0.2, 0.25) is 0 Å². The van der Waals surface area contributed by atoms with Crippen LogP contribution in [0, 0.1) is 29.6 Å². The Hall–Kier alpha value is -5.78. The largest absolute Gasteiger partial charge is 0.453 e. The number of amides is 3. The number of likely N-dealkylation sites (tertiary alicyclic amines) is 1. The van der Waals surface area contributed by atoms with E-state index in [1.165, 1.54) is 26.4 Å². The van der Waals surface area contributed by atoms with Crippen molar-refractivity contribution in [2.75, 3.05) is 13.7 Å². The molecule has 304 valence electrons. The summed E-state index contributed by atoms with van der Waals surface area (Å²) in [7, 11) is 1.30. The molecule has 3 fully saturated rings. The van der Waals surface area contributed by atoms with Gasteiger partial charge < -0.3 is 30.2 Å². The predicted octanol–water partition coefficient (Wildman–Crippen LogP) is 8.51. The van der Waals surface area contributed by atoms with Crippen LogP contribution in [0.25, 0.3) is 33.6 Å². The van der Waals surface area contributed by atoms with E-state index in [0.29, 0.717) is 18.4 Å². The lowest BCUT2D eigenvalue weighted by atomic mass is 9.87. The Labute approximate surface area is 341 Å². The monoisotopic (exact) mass is 784 g/mol. The van der Waals surface area contributed by atoms with Gasteiger partial charge in [-0.15, -0.1) is 0 Å². The number of nitrogens with one attached hydrogen (secondary N) is 4. The molecule has 8 rings (SSSR count). The number of fused-ring (bicyclic) bond motifs is 2. The lowest BCUT2D eigenvalue weighted by Crippen LogP contribution is -2.51. The van der Waals surface area contributed by atoms with E-state index >= 15 is 0 Å². The zero-order chi connectivity index (χ0) is 40.8. The third-order valence-electron chi connectivity index (χ3n) is 12.1. The van der Waals surface area contributed by atoms with Crippen molar-refractivity contribution >= 4 is 17.9 Å². The van der Waals surface area contributed by atoms with Gasteiger partial charge in [0.15, 0.2) is 0 Å². The first kappa shape index (κ1) is 40.4. The lowest BCUT2D eigenvalue weighted by molar-refractivity contribution is -0.135. The number of methoxy groups -OCH3 is 1. The summed E-state index contributed by atoms with van der Waals surface area (Å²) in [5.41, 5.74) is 7.36. The number of rotatable bonds is 11. The average Bonchev–Trinajstić information content (AvgIpc) is 4.11. The molecule has 1 saturated heterocycles. The van der Waals surface area contributed by atoms with Crippen molar-refractivity contribution in [2.45, 2.75) is 84.3 Å². The second-order valence-electron chi connectivity index (χ2n) is 16.6. The highest BCUT2D eigenvalue weighted by molar-refractivity contribution is 5.86. The van der Waals surface area contributed by atoms with Crippen molar-refractivity contribution in [1.82, 2.24) is 40.5 Å². The number of benzene rings is 2. The topological polar surface area (TPSA) is 158 Å². The maximum Gasteiger partial charge on any atom is 0.407 e. The maximum absolute atomic E-state index is 13.4. The van der Waals surface area contributed by atoms with E-state index in [0.717, 1.165) is 70.2 Å². The molecule has 3 aliphatic rings. The van der Waals surface area contributed by atoms with Crippen molar-refractivity contribution in [3.05, 3.63) is 103 Å². The van der Waals surface area contributed by atoms with Gasteiger partial charge in [0, 0.05) is 24.9 Å². The third kappa shape index (κ3) is 9.16. The Bertz CT molecular complexity index is 2110. The van der Waals surface area contributed by atoms with Gasteiger partial charge in [-0.3, -0.25) is 14.6 Å². The lowest BCUT2D eigenvalue weighted by Gasteiger charge is -2.30. The number of aromatic amines is 2. The SMILES string of the molecule is CC(C)C(NC(=O)C1CC2CCC1C2)c1cccnc1.COC(=O)NC(C(=O)N1CCCC1c1ncc(-c2ccc(-c3ccc(-c4cnc[nH]4)cc3)cc2)[nH]1)C(C)C. The summed E-state index contributed by atoms with van der Waals surface area (Å²) in [4.78, 5) is 59.0. The number of ether oxygens (including phenoxy) is 1. The van der Waals surface area contributed by atoms with E-state index in [4.69, 9.17) is 4.74 Å². The van der Waals surface area contributed by atoms with E-state index < -0.39 is 12.1 Å². The molecule has 6 atom stereocenters. The Morgan fingerprint density at radius 3 is 2.07 bits per heavy atom. The number of carbonyl (C=O) groups is 3. The van der Waals surface area contributed by atoms with Crippen LogP contribution in [0.4, 0.5) is 4.79 Å². The molecule has 58 heavy (non-hydrogen) atoms. The zero-order valence-corrected chi connectivity index (χ0v) is 34.2. The highest BCUT2D eigenvalue weighted by Crippen LogP contribution is 2.48. The fourth-order valence-electron chi connectivity index (χ4n) is 8.96. The highest BCUT2D eigenvalue weighted by Gasteiger charge is 2.43. The predicted molar refractivity (Wildman–Crippen MR) is 224 cm³/mol. The number of H-pyrrole nitrogens is 2. The van der Waals surface area contributed by atoms with Crippen LogP contribution in [0.5, 0.6) is 0 Å². The minimum atomic E-state index is -0.654. The molecule has 4 heterocycles. The molecule has 4 N–H and O–H groups in total. The van der Waals surface area contributed by atoms with Gasteiger partial charge in [0.1, 0.15) is 11.9 Å². The molecule has 12 nitrogen and oxygen atoms in total. The molecule has 5 aromatic rings. The molecular formula is C46H56N8O4. The number of hydrogen-bond acceptors (Lipinski definition) is 7. The molecule has 3 amide bonds.